The molecule has 1 heterocycles. The largest absolute Gasteiger partial charge is 0.494 e. The molecule has 0 saturated heterocycles. The summed E-state index contributed by atoms with van der Waals surface area (Å²) >= 11 is 0. The van der Waals surface area contributed by atoms with Crippen molar-refractivity contribution in [1.82, 2.24) is 9.55 Å². The van der Waals surface area contributed by atoms with Gasteiger partial charge in [0.05, 0.1) is 18.2 Å². The van der Waals surface area contributed by atoms with Crippen molar-refractivity contribution in [3.8, 4) is 5.75 Å². The van der Waals surface area contributed by atoms with E-state index in [1.54, 1.807) is 6.92 Å². The lowest BCUT2D eigenvalue weighted by atomic mass is 10.1. The molecule has 0 spiro atoms. The maximum atomic E-state index is 13.1. The second-order valence-electron chi connectivity index (χ2n) is 4.40. The van der Waals surface area contributed by atoms with E-state index >= 15 is 0 Å². The molecular weight excluding hydrogens is 289 g/mol. The third-order valence-corrected chi connectivity index (χ3v) is 3.01. The van der Waals surface area contributed by atoms with Crippen molar-refractivity contribution >= 4 is 17.0 Å². The quantitative estimate of drug-likeness (QED) is 0.942. The van der Waals surface area contributed by atoms with Gasteiger partial charge >= 0.3 is 12.1 Å². The standard InChI is InChI=1S/C13H13F3N2O3/c1-3-6-18-10-7(11(19)20)4-5-8(21-2)9(10)17-12(18)13(14,15)16/h4-5H,3,6H2,1-2H3,(H,19,20). The molecule has 0 amide bonds. The van der Waals surface area contributed by atoms with Crippen LogP contribution in [0.25, 0.3) is 11.0 Å². The monoisotopic (exact) mass is 302 g/mol. The number of fused-ring (bicyclic) bond motifs is 1. The van der Waals surface area contributed by atoms with E-state index in [0.717, 1.165) is 4.57 Å². The van der Waals surface area contributed by atoms with Gasteiger partial charge in [0.2, 0.25) is 5.82 Å². The minimum absolute atomic E-state index is 0.0127. The van der Waals surface area contributed by atoms with E-state index in [1.165, 1.54) is 19.2 Å². The van der Waals surface area contributed by atoms with E-state index in [1.807, 2.05) is 0 Å². The number of carbonyl (C=O) groups is 1. The number of methoxy groups -OCH3 is 1. The van der Waals surface area contributed by atoms with Gasteiger partial charge in [0.1, 0.15) is 11.3 Å². The van der Waals surface area contributed by atoms with Crippen molar-refractivity contribution < 1.29 is 27.8 Å². The van der Waals surface area contributed by atoms with Gasteiger partial charge in [-0.25, -0.2) is 9.78 Å². The highest BCUT2D eigenvalue weighted by Crippen LogP contribution is 2.36. The normalized spacial score (nSPS) is 11.9. The fraction of sp³-hybridized carbons (Fsp3) is 0.385. The van der Waals surface area contributed by atoms with E-state index in [0.29, 0.717) is 6.42 Å². The molecule has 21 heavy (non-hydrogen) atoms. The van der Waals surface area contributed by atoms with Crippen LogP contribution in [0.1, 0.15) is 29.5 Å². The minimum Gasteiger partial charge on any atom is -0.494 e. The van der Waals surface area contributed by atoms with Crippen LogP contribution in [-0.2, 0) is 12.7 Å². The molecule has 1 aromatic heterocycles. The lowest BCUT2D eigenvalue weighted by Crippen LogP contribution is -2.15. The third kappa shape index (κ3) is 2.53. The number of hydrogen-bond acceptors (Lipinski definition) is 3. The molecule has 0 atom stereocenters. The average molecular weight is 302 g/mol. The van der Waals surface area contributed by atoms with Gasteiger partial charge in [-0.2, -0.15) is 13.2 Å². The van der Waals surface area contributed by atoms with Gasteiger partial charge in [-0.15, -0.1) is 0 Å². The van der Waals surface area contributed by atoms with Crippen LogP contribution in [0.2, 0.25) is 0 Å². The Balaban J connectivity index is 2.92. The van der Waals surface area contributed by atoms with Crippen molar-refractivity contribution in [1.29, 1.82) is 0 Å². The van der Waals surface area contributed by atoms with Gasteiger partial charge in [0.25, 0.3) is 0 Å². The van der Waals surface area contributed by atoms with E-state index in [9.17, 15) is 23.1 Å². The van der Waals surface area contributed by atoms with Crippen molar-refractivity contribution in [3.05, 3.63) is 23.5 Å². The Morgan fingerprint density at radius 3 is 2.57 bits per heavy atom. The maximum Gasteiger partial charge on any atom is 0.449 e. The van der Waals surface area contributed by atoms with Crippen LogP contribution in [0.5, 0.6) is 5.75 Å². The highest BCUT2D eigenvalue weighted by Gasteiger charge is 2.38. The molecule has 0 unspecified atom stereocenters. The summed E-state index contributed by atoms with van der Waals surface area (Å²) in [7, 11) is 1.29. The Morgan fingerprint density at radius 1 is 1.43 bits per heavy atom. The first kappa shape index (κ1) is 15.1. The number of nitrogens with zero attached hydrogens (tertiary/aromatic N) is 2. The second-order valence-corrected chi connectivity index (χ2v) is 4.40. The predicted octanol–water partition coefficient (Wildman–Crippen LogP) is 3.17. The van der Waals surface area contributed by atoms with Crippen molar-refractivity contribution in [2.75, 3.05) is 7.11 Å². The number of imidazole rings is 1. The van der Waals surface area contributed by atoms with E-state index in [2.05, 4.69) is 4.98 Å². The van der Waals surface area contributed by atoms with Crippen molar-refractivity contribution in [2.24, 2.45) is 0 Å². The maximum absolute atomic E-state index is 13.1. The molecule has 114 valence electrons. The number of ether oxygens (including phenoxy) is 1. The van der Waals surface area contributed by atoms with Gasteiger partial charge in [-0.3, -0.25) is 0 Å². The predicted molar refractivity (Wildman–Crippen MR) is 68.5 cm³/mol. The number of carboxylic acids is 1. The van der Waals surface area contributed by atoms with Gasteiger partial charge in [-0.1, -0.05) is 6.92 Å². The first-order chi connectivity index (χ1) is 9.81. The molecule has 0 fully saturated rings. The molecule has 0 radical (unpaired) electrons. The Morgan fingerprint density at radius 2 is 2.10 bits per heavy atom. The van der Waals surface area contributed by atoms with Gasteiger partial charge in [0, 0.05) is 6.54 Å². The van der Waals surface area contributed by atoms with Gasteiger partial charge in [-0.05, 0) is 18.6 Å². The van der Waals surface area contributed by atoms with Crippen LogP contribution in [-0.4, -0.2) is 27.7 Å². The zero-order chi connectivity index (χ0) is 15.8. The Kier molecular flexibility index (Phi) is 3.80. The number of benzene rings is 1. The lowest BCUT2D eigenvalue weighted by molar-refractivity contribution is -0.146. The van der Waals surface area contributed by atoms with E-state index < -0.39 is 18.0 Å². The Bertz CT molecular complexity index is 692. The summed E-state index contributed by atoms with van der Waals surface area (Å²) < 4.78 is 45.2. The number of carboxylic acid groups (broad SMARTS) is 1. The highest BCUT2D eigenvalue weighted by atomic mass is 19.4. The molecular formula is C13H13F3N2O3. The van der Waals surface area contributed by atoms with Gasteiger partial charge < -0.3 is 14.4 Å². The molecule has 1 N–H and O–H groups in total. The highest BCUT2D eigenvalue weighted by molar-refractivity contribution is 6.03. The third-order valence-electron chi connectivity index (χ3n) is 3.01. The van der Waals surface area contributed by atoms with E-state index in [4.69, 9.17) is 4.74 Å². The molecule has 0 bridgehead atoms. The molecule has 2 aromatic rings. The smallest absolute Gasteiger partial charge is 0.449 e. The Labute approximate surface area is 118 Å². The molecule has 0 aliphatic heterocycles. The van der Waals surface area contributed by atoms with Crippen LogP contribution in [0.15, 0.2) is 12.1 Å². The molecule has 1 aromatic carbocycles. The van der Waals surface area contributed by atoms with Crippen LogP contribution in [0.3, 0.4) is 0 Å². The number of halogens is 3. The fourth-order valence-corrected chi connectivity index (χ4v) is 2.21. The van der Waals surface area contributed by atoms with E-state index in [-0.39, 0.29) is 28.9 Å². The molecule has 8 heteroatoms. The second kappa shape index (κ2) is 5.27. The first-order valence-corrected chi connectivity index (χ1v) is 6.19. The number of hydrogen-bond donors (Lipinski definition) is 1. The summed E-state index contributed by atoms with van der Waals surface area (Å²) in [6.07, 6.45) is -4.26. The van der Waals surface area contributed by atoms with Crippen LogP contribution < -0.4 is 4.74 Å². The number of aryl methyl sites for hydroxylation is 1. The Hall–Kier alpha value is -2.25. The minimum atomic E-state index is -4.67. The zero-order valence-electron chi connectivity index (χ0n) is 11.4. The van der Waals surface area contributed by atoms with Crippen LogP contribution in [0, 0.1) is 0 Å². The summed E-state index contributed by atoms with van der Waals surface area (Å²) in [4.78, 5) is 14.8. The topological polar surface area (TPSA) is 64.4 Å². The van der Waals surface area contributed by atoms with Crippen molar-refractivity contribution in [3.63, 3.8) is 0 Å². The molecule has 0 aliphatic rings. The fourth-order valence-electron chi connectivity index (χ4n) is 2.21. The summed E-state index contributed by atoms with van der Waals surface area (Å²) in [5.74, 6) is -2.32. The molecule has 2 rings (SSSR count). The van der Waals surface area contributed by atoms with Gasteiger partial charge in [0.15, 0.2) is 0 Å². The number of rotatable bonds is 4. The lowest BCUT2D eigenvalue weighted by Gasteiger charge is -2.11. The SMILES string of the molecule is CCCn1c(C(F)(F)F)nc2c(OC)ccc(C(=O)O)c21. The molecule has 0 aliphatic carbocycles. The first-order valence-electron chi connectivity index (χ1n) is 6.19. The zero-order valence-corrected chi connectivity index (χ0v) is 11.4. The number of alkyl halides is 3. The summed E-state index contributed by atoms with van der Waals surface area (Å²) in [5.41, 5.74) is -0.406. The van der Waals surface area contributed by atoms with Crippen molar-refractivity contribution in [2.45, 2.75) is 26.1 Å². The molecule has 5 nitrogen and oxygen atoms in total. The van der Waals surface area contributed by atoms with Crippen LogP contribution in [0.4, 0.5) is 13.2 Å². The summed E-state index contributed by atoms with van der Waals surface area (Å²) in [6.45, 7) is 1.71. The van der Waals surface area contributed by atoms with Crippen LogP contribution >= 0.6 is 0 Å². The summed E-state index contributed by atoms with van der Waals surface area (Å²) in [5, 5.41) is 9.19. The molecule has 0 saturated carbocycles. The number of aromatic carboxylic acids is 1. The summed E-state index contributed by atoms with van der Waals surface area (Å²) in [6, 6.07) is 2.52. The number of aromatic nitrogens is 2. The average Bonchev–Trinajstić information content (AvgIpc) is 2.77.